The van der Waals surface area contributed by atoms with E-state index in [1.54, 1.807) is 0 Å². The summed E-state index contributed by atoms with van der Waals surface area (Å²) in [5.41, 5.74) is 0. The van der Waals surface area contributed by atoms with Gasteiger partial charge in [-0.15, -0.1) is 0 Å². The SMILES string of the molecule is CCCCCCCCC(=O)OCC(COC(=O)CCCCCCC)O[13C](=O)CCCCCCCC. The van der Waals surface area contributed by atoms with E-state index in [1.165, 1.54) is 44.9 Å². The Hall–Kier alpha value is -1.59. The van der Waals surface area contributed by atoms with Crippen molar-refractivity contribution in [2.75, 3.05) is 13.2 Å². The van der Waals surface area contributed by atoms with Crippen LogP contribution in [-0.2, 0) is 28.6 Å². The van der Waals surface area contributed by atoms with Crippen LogP contribution in [0.5, 0.6) is 0 Å². The molecule has 206 valence electrons. The minimum Gasteiger partial charge on any atom is -0.462 e. The van der Waals surface area contributed by atoms with Gasteiger partial charge in [0.05, 0.1) is 0 Å². The minimum absolute atomic E-state index is 0.0688. The highest BCUT2D eigenvalue weighted by Gasteiger charge is 2.19. The molecule has 0 fully saturated rings. The molecule has 0 aliphatic heterocycles. The fraction of sp³-hybridized carbons (Fsp3) is 0.897. The van der Waals surface area contributed by atoms with Crippen molar-refractivity contribution in [3.63, 3.8) is 0 Å². The number of ether oxygens (including phenoxy) is 3. The Morgan fingerprint density at radius 1 is 0.457 bits per heavy atom. The number of rotatable bonds is 25. The van der Waals surface area contributed by atoms with E-state index in [9.17, 15) is 14.4 Å². The van der Waals surface area contributed by atoms with Crippen LogP contribution in [0.1, 0.15) is 149 Å². The van der Waals surface area contributed by atoms with Crippen molar-refractivity contribution in [2.24, 2.45) is 0 Å². The molecule has 0 aliphatic rings. The van der Waals surface area contributed by atoms with Gasteiger partial charge >= 0.3 is 17.9 Å². The van der Waals surface area contributed by atoms with Crippen molar-refractivity contribution in [1.82, 2.24) is 0 Å². The molecule has 0 aromatic heterocycles. The molecule has 0 radical (unpaired) electrons. The van der Waals surface area contributed by atoms with Gasteiger partial charge in [-0.3, -0.25) is 14.4 Å². The van der Waals surface area contributed by atoms with Gasteiger partial charge in [0.2, 0.25) is 0 Å². The highest BCUT2D eigenvalue weighted by molar-refractivity contribution is 5.71. The summed E-state index contributed by atoms with van der Waals surface area (Å²) in [4.78, 5) is 36.5. The Morgan fingerprint density at radius 3 is 1.14 bits per heavy atom. The van der Waals surface area contributed by atoms with Crippen LogP contribution in [-0.4, -0.2) is 37.2 Å². The monoisotopic (exact) mass is 499 g/mol. The molecule has 0 saturated carbocycles. The molecule has 0 heterocycles. The largest absolute Gasteiger partial charge is 0.462 e. The molecule has 0 aliphatic carbocycles. The van der Waals surface area contributed by atoms with E-state index < -0.39 is 6.10 Å². The normalized spacial score (nSPS) is 11.7. The average molecular weight is 500 g/mol. The molecule has 6 heteroatoms. The fourth-order valence-electron chi connectivity index (χ4n) is 3.85. The molecule has 1 unspecified atom stereocenters. The molecule has 0 saturated heterocycles. The first-order chi connectivity index (χ1) is 17.0. The predicted molar refractivity (Wildman–Crippen MR) is 141 cm³/mol. The first-order valence-corrected chi connectivity index (χ1v) is 14.5. The van der Waals surface area contributed by atoms with E-state index >= 15 is 0 Å². The Labute approximate surface area is 215 Å². The maximum Gasteiger partial charge on any atom is 0.306 e. The van der Waals surface area contributed by atoms with Gasteiger partial charge in [0, 0.05) is 19.3 Å². The fourth-order valence-corrected chi connectivity index (χ4v) is 3.85. The second-order valence-corrected chi connectivity index (χ2v) is 9.68. The van der Waals surface area contributed by atoms with Gasteiger partial charge in [0.25, 0.3) is 0 Å². The van der Waals surface area contributed by atoms with Gasteiger partial charge in [0.15, 0.2) is 6.10 Å². The standard InChI is InChI=1S/C29H54O6/c1-4-7-10-13-16-19-22-28(31)34-25-26(24-33-27(30)21-18-15-12-9-6-3)35-29(32)23-20-17-14-11-8-5-2/h26H,4-25H2,1-3H3/i29+1. The number of carbonyl (C=O) groups excluding carboxylic acids is 3. The van der Waals surface area contributed by atoms with Crippen LogP contribution < -0.4 is 0 Å². The summed E-state index contributed by atoms with van der Waals surface area (Å²) in [6.07, 6.45) is 18.7. The van der Waals surface area contributed by atoms with Crippen molar-refractivity contribution in [3.05, 3.63) is 0 Å². The quantitative estimate of drug-likeness (QED) is 0.0551. The summed E-state index contributed by atoms with van der Waals surface area (Å²) in [6.45, 7) is 6.37. The summed E-state index contributed by atoms with van der Waals surface area (Å²) >= 11 is 0. The number of esters is 3. The van der Waals surface area contributed by atoms with Crippen LogP contribution in [0.25, 0.3) is 0 Å². The molecule has 6 nitrogen and oxygen atoms in total. The first kappa shape index (κ1) is 33.4. The smallest absolute Gasteiger partial charge is 0.306 e. The van der Waals surface area contributed by atoms with Gasteiger partial charge < -0.3 is 14.2 Å². The van der Waals surface area contributed by atoms with Crippen LogP contribution in [0, 0.1) is 0 Å². The number of hydrogen-bond donors (Lipinski definition) is 0. The molecule has 35 heavy (non-hydrogen) atoms. The summed E-state index contributed by atoms with van der Waals surface area (Å²) in [6, 6.07) is 0. The second kappa shape index (κ2) is 25.5. The molecule has 0 aromatic carbocycles. The average Bonchev–Trinajstić information content (AvgIpc) is 2.85. The third-order valence-corrected chi connectivity index (χ3v) is 6.11. The molecule has 0 aromatic rings. The van der Waals surface area contributed by atoms with Crippen molar-refractivity contribution < 1.29 is 28.6 Å². The van der Waals surface area contributed by atoms with Crippen LogP contribution >= 0.6 is 0 Å². The maximum atomic E-state index is 12.3. The zero-order valence-electron chi connectivity index (χ0n) is 23.1. The van der Waals surface area contributed by atoms with E-state index in [0.717, 1.165) is 64.2 Å². The van der Waals surface area contributed by atoms with E-state index in [4.69, 9.17) is 14.2 Å². The van der Waals surface area contributed by atoms with E-state index in [0.29, 0.717) is 19.3 Å². The molecule has 0 bridgehead atoms. The van der Waals surface area contributed by atoms with Gasteiger partial charge in [-0.25, -0.2) is 0 Å². The van der Waals surface area contributed by atoms with Crippen molar-refractivity contribution in [2.45, 2.75) is 155 Å². The lowest BCUT2D eigenvalue weighted by molar-refractivity contribution is -0.167. The van der Waals surface area contributed by atoms with Crippen molar-refractivity contribution >= 4 is 17.9 Å². The summed E-state index contributed by atoms with van der Waals surface area (Å²) in [7, 11) is 0. The highest BCUT2D eigenvalue weighted by Crippen LogP contribution is 2.11. The Morgan fingerprint density at radius 2 is 0.771 bits per heavy atom. The zero-order chi connectivity index (χ0) is 26.0. The van der Waals surface area contributed by atoms with Crippen LogP contribution in [0.15, 0.2) is 0 Å². The van der Waals surface area contributed by atoms with Gasteiger partial charge in [-0.1, -0.05) is 111 Å². The van der Waals surface area contributed by atoms with Gasteiger partial charge in [-0.05, 0) is 19.3 Å². The number of unbranched alkanes of at least 4 members (excludes halogenated alkanes) is 14. The Bertz CT molecular complexity index is 519. The van der Waals surface area contributed by atoms with Crippen LogP contribution in [0.4, 0.5) is 0 Å². The third kappa shape index (κ3) is 23.9. The second-order valence-electron chi connectivity index (χ2n) is 9.68. The summed E-state index contributed by atoms with van der Waals surface area (Å²) in [5, 5.41) is 0. The number of carbonyl (C=O) groups is 3. The molecule has 0 N–H and O–H groups in total. The lowest BCUT2D eigenvalue weighted by atomic mass is 10.1. The van der Waals surface area contributed by atoms with Crippen molar-refractivity contribution in [1.29, 1.82) is 0 Å². The third-order valence-electron chi connectivity index (χ3n) is 6.11. The van der Waals surface area contributed by atoms with Crippen LogP contribution in [0.2, 0.25) is 0 Å². The molecule has 0 rings (SSSR count). The van der Waals surface area contributed by atoms with E-state index in [-0.39, 0.29) is 31.1 Å². The molecular formula is C29H54O6. The van der Waals surface area contributed by atoms with Crippen molar-refractivity contribution in [3.8, 4) is 0 Å². The lowest BCUT2D eigenvalue weighted by Gasteiger charge is -2.18. The Kier molecular flexibility index (Phi) is 24.3. The molecule has 0 spiro atoms. The maximum absolute atomic E-state index is 12.3. The number of hydrogen-bond acceptors (Lipinski definition) is 6. The highest BCUT2D eigenvalue weighted by atomic mass is 16.7. The van der Waals surface area contributed by atoms with Gasteiger partial charge in [-0.2, -0.15) is 0 Å². The minimum atomic E-state index is -0.750. The zero-order valence-corrected chi connectivity index (χ0v) is 23.1. The van der Waals surface area contributed by atoms with E-state index in [2.05, 4.69) is 20.8 Å². The summed E-state index contributed by atoms with van der Waals surface area (Å²) < 4.78 is 16.2. The topological polar surface area (TPSA) is 78.9 Å². The van der Waals surface area contributed by atoms with Gasteiger partial charge in [0.1, 0.15) is 13.2 Å². The molecule has 1 atom stereocenters. The predicted octanol–water partition coefficient (Wildman–Crippen LogP) is 7.85. The molecular weight excluding hydrogens is 445 g/mol. The van der Waals surface area contributed by atoms with Crippen LogP contribution in [0.3, 0.4) is 0 Å². The van der Waals surface area contributed by atoms with E-state index in [1.807, 2.05) is 0 Å². The molecule has 0 amide bonds. The summed E-state index contributed by atoms with van der Waals surface area (Å²) in [5.74, 6) is -0.912. The lowest BCUT2D eigenvalue weighted by Crippen LogP contribution is -2.30. The Balaban J connectivity index is 4.36. The first-order valence-electron chi connectivity index (χ1n) is 14.5.